The van der Waals surface area contributed by atoms with Gasteiger partial charge >= 0.3 is 0 Å². The molecule has 2 amide bonds. The van der Waals surface area contributed by atoms with Crippen molar-refractivity contribution in [2.45, 2.75) is 25.7 Å². The molecule has 164 valence electrons. The number of amides is 2. The minimum absolute atomic E-state index is 0.0333. The Labute approximate surface area is 184 Å². The number of carbonyl (C=O) groups is 2. The first-order valence-corrected chi connectivity index (χ1v) is 11.7. The molecule has 0 saturated carbocycles. The molecule has 31 heavy (non-hydrogen) atoms. The predicted molar refractivity (Wildman–Crippen MR) is 117 cm³/mol. The zero-order chi connectivity index (χ0) is 21.2. The summed E-state index contributed by atoms with van der Waals surface area (Å²) in [7, 11) is 0. The molecular formula is C20H26N8O2S. The molecule has 2 aromatic rings. The third-order valence-corrected chi connectivity index (χ3v) is 7.18. The molecule has 5 rings (SSSR count). The average Bonchev–Trinajstić information content (AvgIpc) is 3.48. The molecule has 0 radical (unpaired) electrons. The molecule has 1 unspecified atom stereocenters. The molecule has 0 bridgehead atoms. The predicted octanol–water partition coefficient (Wildman–Crippen LogP) is 1.02. The van der Waals surface area contributed by atoms with Gasteiger partial charge in [-0.2, -0.15) is 0 Å². The zero-order valence-electron chi connectivity index (χ0n) is 17.4. The number of anilines is 3. The van der Waals surface area contributed by atoms with E-state index in [1.165, 1.54) is 11.3 Å². The van der Waals surface area contributed by atoms with Crippen molar-refractivity contribution in [2.75, 3.05) is 60.5 Å². The number of nitrogens with zero attached hydrogens (tertiary/aromatic N) is 8. The summed E-state index contributed by atoms with van der Waals surface area (Å²) in [6, 6.07) is 1.81. The van der Waals surface area contributed by atoms with Crippen LogP contribution in [0.5, 0.6) is 0 Å². The summed E-state index contributed by atoms with van der Waals surface area (Å²) in [4.78, 5) is 41.8. The van der Waals surface area contributed by atoms with Crippen LogP contribution in [0.4, 0.5) is 16.2 Å². The van der Waals surface area contributed by atoms with Gasteiger partial charge in [0.05, 0.1) is 5.92 Å². The number of carbonyl (C=O) groups excluding carboxylic acids is 2. The summed E-state index contributed by atoms with van der Waals surface area (Å²) >= 11 is 1.45. The summed E-state index contributed by atoms with van der Waals surface area (Å²) < 4.78 is 0. The van der Waals surface area contributed by atoms with Crippen LogP contribution in [0.2, 0.25) is 0 Å². The van der Waals surface area contributed by atoms with E-state index in [4.69, 9.17) is 0 Å². The van der Waals surface area contributed by atoms with E-state index in [1.54, 1.807) is 17.3 Å². The first-order chi connectivity index (χ1) is 15.2. The van der Waals surface area contributed by atoms with E-state index in [-0.39, 0.29) is 17.7 Å². The van der Waals surface area contributed by atoms with Crippen LogP contribution in [0.1, 0.15) is 25.7 Å². The third-order valence-electron chi connectivity index (χ3n) is 6.18. The maximum Gasteiger partial charge on any atom is 0.228 e. The minimum atomic E-state index is -0.0333. The van der Waals surface area contributed by atoms with Crippen molar-refractivity contribution in [3.63, 3.8) is 0 Å². The Morgan fingerprint density at radius 1 is 0.935 bits per heavy atom. The standard InChI is InChI=1S/C20H26N8O2S/c29-16-5-2-9-28(16)20-24-23-19(31-20)27-8-1-4-15(14-27)17(30)25-10-12-26(13-11-25)18-21-6-3-7-22-18/h3,6-7,15H,1-2,4-5,8-14H2. The molecule has 3 aliphatic heterocycles. The molecule has 10 nitrogen and oxygen atoms in total. The highest BCUT2D eigenvalue weighted by atomic mass is 32.1. The van der Waals surface area contributed by atoms with Gasteiger partial charge in [-0.05, 0) is 25.3 Å². The summed E-state index contributed by atoms with van der Waals surface area (Å²) in [5, 5.41) is 10.0. The lowest BCUT2D eigenvalue weighted by atomic mass is 9.96. The number of piperazine rings is 1. The Morgan fingerprint density at radius 3 is 2.45 bits per heavy atom. The van der Waals surface area contributed by atoms with E-state index >= 15 is 0 Å². The van der Waals surface area contributed by atoms with Crippen molar-refractivity contribution >= 4 is 39.4 Å². The number of aromatic nitrogens is 4. The molecule has 2 aromatic heterocycles. The number of rotatable bonds is 4. The van der Waals surface area contributed by atoms with Crippen LogP contribution in [0, 0.1) is 5.92 Å². The lowest BCUT2D eigenvalue weighted by Crippen LogP contribution is -2.53. The highest BCUT2D eigenvalue weighted by molar-refractivity contribution is 7.19. The second kappa shape index (κ2) is 8.74. The third kappa shape index (κ3) is 4.18. The molecule has 0 spiro atoms. The minimum Gasteiger partial charge on any atom is -0.346 e. The molecule has 3 fully saturated rings. The van der Waals surface area contributed by atoms with Gasteiger partial charge in [0.25, 0.3) is 0 Å². The average molecular weight is 443 g/mol. The van der Waals surface area contributed by atoms with Crippen LogP contribution in [-0.2, 0) is 9.59 Å². The van der Waals surface area contributed by atoms with Gasteiger partial charge < -0.3 is 14.7 Å². The second-order valence-corrected chi connectivity index (χ2v) is 9.10. The first-order valence-electron chi connectivity index (χ1n) is 10.9. The summed E-state index contributed by atoms with van der Waals surface area (Å²) in [6.45, 7) is 5.11. The van der Waals surface area contributed by atoms with Crippen LogP contribution in [0.25, 0.3) is 0 Å². The monoisotopic (exact) mass is 442 g/mol. The van der Waals surface area contributed by atoms with Crippen LogP contribution in [0.15, 0.2) is 18.5 Å². The number of hydrogen-bond donors (Lipinski definition) is 0. The van der Waals surface area contributed by atoms with Crippen LogP contribution < -0.4 is 14.7 Å². The molecule has 0 aromatic carbocycles. The first kappa shape index (κ1) is 20.1. The zero-order valence-corrected chi connectivity index (χ0v) is 18.2. The van der Waals surface area contributed by atoms with Gasteiger partial charge in [0.1, 0.15) is 0 Å². The lowest BCUT2D eigenvalue weighted by molar-refractivity contribution is -0.136. The van der Waals surface area contributed by atoms with Gasteiger partial charge in [0.2, 0.25) is 28.0 Å². The van der Waals surface area contributed by atoms with Crippen LogP contribution in [0.3, 0.4) is 0 Å². The molecule has 0 aliphatic carbocycles. The van der Waals surface area contributed by atoms with Crippen molar-refractivity contribution in [2.24, 2.45) is 5.92 Å². The maximum absolute atomic E-state index is 13.2. The van der Waals surface area contributed by atoms with Crippen molar-refractivity contribution in [1.82, 2.24) is 25.1 Å². The molecule has 3 aliphatic rings. The highest BCUT2D eigenvalue weighted by Crippen LogP contribution is 2.32. The summed E-state index contributed by atoms with van der Waals surface area (Å²) in [5.74, 6) is 1.03. The van der Waals surface area contributed by atoms with Gasteiger partial charge in [-0.1, -0.05) is 11.3 Å². The Morgan fingerprint density at radius 2 is 1.71 bits per heavy atom. The van der Waals surface area contributed by atoms with Crippen LogP contribution in [-0.4, -0.2) is 82.7 Å². The molecule has 11 heteroatoms. The van der Waals surface area contributed by atoms with Crippen molar-refractivity contribution < 1.29 is 9.59 Å². The smallest absolute Gasteiger partial charge is 0.228 e. The fraction of sp³-hybridized carbons (Fsp3) is 0.600. The Balaban J connectivity index is 1.18. The van der Waals surface area contributed by atoms with E-state index < -0.39 is 0 Å². The van der Waals surface area contributed by atoms with E-state index in [1.807, 2.05) is 11.0 Å². The molecule has 1 atom stereocenters. The fourth-order valence-corrected chi connectivity index (χ4v) is 5.41. The molecule has 5 heterocycles. The van der Waals surface area contributed by atoms with Crippen molar-refractivity contribution in [3.05, 3.63) is 18.5 Å². The van der Waals surface area contributed by atoms with E-state index in [0.717, 1.165) is 50.0 Å². The largest absolute Gasteiger partial charge is 0.346 e. The van der Waals surface area contributed by atoms with E-state index in [2.05, 4.69) is 30.0 Å². The summed E-state index contributed by atoms with van der Waals surface area (Å²) in [6.07, 6.45) is 6.79. The SMILES string of the molecule is O=C(C1CCCN(c2nnc(N3CCCC3=O)s2)C1)N1CCN(c2ncccn2)CC1. The van der Waals surface area contributed by atoms with Gasteiger partial charge in [0, 0.05) is 64.6 Å². The Hall–Kier alpha value is -2.82. The Kier molecular flexibility index (Phi) is 5.66. The van der Waals surface area contributed by atoms with Gasteiger partial charge in [0.15, 0.2) is 0 Å². The second-order valence-electron chi connectivity index (χ2n) is 8.16. The molecule has 3 saturated heterocycles. The number of hydrogen-bond acceptors (Lipinski definition) is 9. The maximum atomic E-state index is 13.2. The van der Waals surface area contributed by atoms with Gasteiger partial charge in [-0.3, -0.25) is 14.5 Å². The lowest BCUT2D eigenvalue weighted by Gasteiger charge is -2.38. The topological polar surface area (TPSA) is 98.7 Å². The van der Waals surface area contributed by atoms with Gasteiger partial charge in [-0.25, -0.2) is 9.97 Å². The van der Waals surface area contributed by atoms with Gasteiger partial charge in [-0.15, -0.1) is 10.2 Å². The van der Waals surface area contributed by atoms with Crippen molar-refractivity contribution in [3.8, 4) is 0 Å². The molecular weight excluding hydrogens is 416 g/mol. The van der Waals surface area contributed by atoms with E-state index in [9.17, 15) is 9.59 Å². The van der Waals surface area contributed by atoms with Crippen LogP contribution >= 0.6 is 11.3 Å². The molecule has 0 N–H and O–H groups in total. The fourth-order valence-electron chi connectivity index (χ4n) is 4.49. The van der Waals surface area contributed by atoms with Crippen molar-refractivity contribution in [1.29, 1.82) is 0 Å². The Bertz CT molecular complexity index is 930. The van der Waals surface area contributed by atoms with E-state index in [0.29, 0.717) is 37.7 Å². The normalized spacial score (nSPS) is 22.3. The summed E-state index contributed by atoms with van der Waals surface area (Å²) in [5.41, 5.74) is 0. The highest BCUT2D eigenvalue weighted by Gasteiger charge is 2.33. The number of piperidine rings is 1. The quantitative estimate of drug-likeness (QED) is 0.692.